The SMILES string of the molecule is Cc1ccc(OCc2ccco2)cc1Br. The van der Waals surface area contributed by atoms with Gasteiger partial charge in [0.05, 0.1) is 6.26 Å². The molecule has 1 aromatic carbocycles. The van der Waals surface area contributed by atoms with Crippen LogP contribution in [0.25, 0.3) is 0 Å². The molecule has 2 aromatic rings. The van der Waals surface area contributed by atoms with Crippen molar-refractivity contribution in [3.8, 4) is 5.75 Å². The topological polar surface area (TPSA) is 22.4 Å². The fourth-order valence-corrected chi connectivity index (χ4v) is 1.57. The zero-order chi connectivity index (χ0) is 10.7. The van der Waals surface area contributed by atoms with Crippen LogP contribution in [0.2, 0.25) is 0 Å². The van der Waals surface area contributed by atoms with E-state index in [4.69, 9.17) is 9.15 Å². The molecule has 78 valence electrons. The number of benzene rings is 1. The van der Waals surface area contributed by atoms with Gasteiger partial charge in [0.1, 0.15) is 18.1 Å². The van der Waals surface area contributed by atoms with Crippen LogP contribution in [-0.2, 0) is 6.61 Å². The number of hydrogen-bond donors (Lipinski definition) is 0. The third kappa shape index (κ3) is 2.63. The van der Waals surface area contributed by atoms with E-state index in [1.54, 1.807) is 6.26 Å². The Bertz CT molecular complexity index is 435. The van der Waals surface area contributed by atoms with E-state index in [-0.39, 0.29) is 0 Å². The third-order valence-corrected chi connectivity index (χ3v) is 2.96. The quantitative estimate of drug-likeness (QED) is 0.840. The van der Waals surface area contributed by atoms with Crippen LogP contribution < -0.4 is 4.74 Å². The van der Waals surface area contributed by atoms with Crippen LogP contribution >= 0.6 is 15.9 Å². The van der Waals surface area contributed by atoms with E-state index in [0.29, 0.717) is 6.61 Å². The Hall–Kier alpha value is -1.22. The van der Waals surface area contributed by atoms with Gasteiger partial charge in [0.15, 0.2) is 0 Å². The molecule has 0 amide bonds. The van der Waals surface area contributed by atoms with Crippen LogP contribution in [-0.4, -0.2) is 0 Å². The average Bonchev–Trinajstić information content (AvgIpc) is 2.73. The van der Waals surface area contributed by atoms with E-state index in [1.807, 2.05) is 37.3 Å². The van der Waals surface area contributed by atoms with Crippen LogP contribution in [0.3, 0.4) is 0 Å². The molecule has 0 unspecified atom stereocenters. The van der Waals surface area contributed by atoms with Gasteiger partial charge < -0.3 is 9.15 Å². The standard InChI is InChI=1S/C12H11BrO2/c1-9-4-5-10(7-12(9)13)15-8-11-3-2-6-14-11/h2-7H,8H2,1H3. The predicted octanol–water partition coefficient (Wildman–Crippen LogP) is 3.93. The zero-order valence-corrected chi connectivity index (χ0v) is 9.95. The summed E-state index contributed by atoms with van der Waals surface area (Å²) in [4.78, 5) is 0. The van der Waals surface area contributed by atoms with Gasteiger partial charge in [0.25, 0.3) is 0 Å². The minimum absolute atomic E-state index is 0.461. The van der Waals surface area contributed by atoms with E-state index in [2.05, 4.69) is 15.9 Å². The Kier molecular flexibility index (Phi) is 3.11. The number of ether oxygens (including phenoxy) is 1. The lowest BCUT2D eigenvalue weighted by molar-refractivity contribution is 0.270. The van der Waals surface area contributed by atoms with Crippen LogP contribution in [0.1, 0.15) is 11.3 Å². The molecule has 0 aliphatic carbocycles. The van der Waals surface area contributed by atoms with Crippen molar-refractivity contribution in [1.82, 2.24) is 0 Å². The van der Waals surface area contributed by atoms with Gasteiger partial charge in [-0.25, -0.2) is 0 Å². The minimum atomic E-state index is 0.461. The molecular weight excluding hydrogens is 256 g/mol. The number of rotatable bonds is 3. The predicted molar refractivity (Wildman–Crippen MR) is 61.9 cm³/mol. The molecule has 2 rings (SSSR count). The molecule has 0 spiro atoms. The second-order valence-electron chi connectivity index (χ2n) is 3.28. The summed E-state index contributed by atoms with van der Waals surface area (Å²) in [6.45, 7) is 2.50. The maximum absolute atomic E-state index is 5.56. The molecule has 0 saturated carbocycles. The average molecular weight is 267 g/mol. The molecular formula is C12H11BrO2. The van der Waals surface area contributed by atoms with Crippen molar-refractivity contribution in [2.75, 3.05) is 0 Å². The summed E-state index contributed by atoms with van der Waals surface area (Å²) >= 11 is 3.46. The molecule has 0 aliphatic heterocycles. The van der Waals surface area contributed by atoms with Crippen LogP contribution in [0.4, 0.5) is 0 Å². The van der Waals surface area contributed by atoms with Crippen molar-refractivity contribution in [2.45, 2.75) is 13.5 Å². The monoisotopic (exact) mass is 266 g/mol. The summed E-state index contributed by atoms with van der Waals surface area (Å²) in [5.74, 6) is 1.66. The second kappa shape index (κ2) is 4.53. The van der Waals surface area contributed by atoms with Gasteiger partial charge in [0, 0.05) is 4.47 Å². The summed E-state index contributed by atoms with van der Waals surface area (Å²) in [5, 5.41) is 0. The Morgan fingerprint density at radius 1 is 1.33 bits per heavy atom. The molecule has 0 saturated heterocycles. The van der Waals surface area contributed by atoms with E-state index < -0.39 is 0 Å². The molecule has 0 radical (unpaired) electrons. The zero-order valence-electron chi connectivity index (χ0n) is 8.37. The Morgan fingerprint density at radius 2 is 2.20 bits per heavy atom. The molecule has 0 aliphatic rings. The lowest BCUT2D eigenvalue weighted by Gasteiger charge is -2.05. The highest BCUT2D eigenvalue weighted by Gasteiger charge is 2.00. The molecule has 15 heavy (non-hydrogen) atoms. The van der Waals surface area contributed by atoms with Crippen molar-refractivity contribution >= 4 is 15.9 Å². The number of furan rings is 1. The molecule has 3 heteroatoms. The highest BCUT2D eigenvalue weighted by Crippen LogP contribution is 2.22. The van der Waals surface area contributed by atoms with Crippen molar-refractivity contribution in [3.63, 3.8) is 0 Å². The van der Waals surface area contributed by atoms with Crippen molar-refractivity contribution in [2.24, 2.45) is 0 Å². The van der Waals surface area contributed by atoms with Gasteiger partial charge in [0.2, 0.25) is 0 Å². The highest BCUT2D eigenvalue weighted by molar-refractivity contribution is 9.10. The molecule has 0 N–H and O–H groups in total. The fourth-order valence-electron chi connectivity index (χ4n) is 1.21. The van der Waals surface area contributed by atoms with Gasteiger partial charge in [-0.3, -0.25) is 0 Å². The van der Waals surface area contributed by atoms with Gasteiger partial charge >= 0.3 is 0 Å². The van der Waals surface area contributed by atoms with Crippen LogP contribution in [0.15, 0.2) is 45.5 Å². The van der Waals surface area contributed by atoms with E-state index in [9.17, 15) is 0 Å². The summed E-state index contributed by atoms with van der Waals surface area (Å²) in [6, 6.07) is 9.66. The normalized spacial score (nSPS) is 10.3. The van der Waals surface area contributed by atoms with E-state index >= 15 is 0 Å². The third-order valence-electron chi connectivity index (χ3n) is 2.10. The Balaban J connectivity index is 2.02. The smallest absolute Gasteiger partial charge is 0.146 e. The minimum Gasteiger partial charge on any atom is -0.486 e. The maximum atomic E-state index is 5.56. The first kappa shape index (κ1) is 10.3. The first-order valence-electron chi connectivity index (χ1n) is 4.67. The molecule has 2 nitrogen and oxygen atoms in total. The maximum Gasteiger partial charge on any atom is 0.146 e. The fraction of sp³-hybridized carbons (Fsp3) is 0.167. The summed E-state index contributed by atoms with van der Waals surface area (Å²) < 4.78 is 11.8. The largest absolute Gasteiger partial charge is 0.486 e. The molecule has 0 fully saturated rings. The van der Waals surface area contributed by atoms with E-state index in [1.165, 1.54) is 5.56 Å². The summed E-state index contributed by atoms with van der Waals surface area (Å²) in [6.07, 6.45) is 1.64. The lowest BCUT2D eigenvalue weighted by atomic mass is 10.2. The second-order valence-corrected chi connectivity index (χ2v) is 4.13. The summed E-state index contributed by atoms with van der Waals surface area (Å²) in [7, 11) is 0. The highest BCUT2D eigenvalue weighted by atomic mass is 79.9. The van der Waals surface area contributed by atoms with Gasteiger partial charge in [-0.15, -0.1) is 0 Å². The van der Waals surface area contributed by atoms with Gasteiger partial charge in [-0.1, -0.05) is 22.0 Å². The first-order valence-corrected chi connectivity index (χ1v) is 5.46. The Labute approximate surface area is 97.0 Å². The number of aryl methyl sites for hydroxylation is 1. The van der Waals surface area contributed by atoms with Crippen molar-refractivity contribution < 1.29 is 9.15 Å². The summed E-state index contributed by atoms with van der Waals surface area (Å²) in [5.41, 5.74) is 1.19. The van der Waals surface area contributed by atoms with Crippen LogP contribution in [0, 0.1) is 6.92 Å². The van der Waals surface area contributed by atoms with Crippen molar-refractivity contribution in [3.05, 3.63) is 52.4 Å². The van der Waals surface area contributed by atoms with E-state index in [0.717, 1.165) is 16.0 Å². The molecule has 1 heterocycles. The Morgan fingerprint density at radius 3 is 2.87 bits per heavy atom. The number of hydrogen-bond acceptors (Lipinski definition) is 2. The molecule has 0 atom stereocenters. The van der Waals surface area contributed by atoms with Crippen molar-refractivity contribution in [1.29, 1.82) is 0 Å². The molecule has 1 aromatic heterocycles. The van der Waals surface area contributed by atoms with Gasteiger partial charge in [-0.05, 0) is 36.8 Å². The first-order chi connectivity index (χ1) is 7.25. The number of halogens is 1. The van der Waals surface area contributed by atoms with Gasteiger partial charge in [-0.2, -0.15) is 0 Å². The molecule has 0 bridgehead atoms. The van der Waals surface area contributed by atoms with Crippen LogP contribution in [0.5, 0.6) is 5.75 Å². The lowest BCUT2D eigenvalue weighted by Crippen LogP contribution is -1.93.